The van der Waals surface area contributed by atoms with Crippen molar-refractivity contribution in [2.45, 2.75) is 107 Å². The van der Waals surface area contributed by atoms with Crippen LogP contribution in [0.1, 0.15) is 43.5 Å². The van der Waals surface area contributed by atoms with E-state index in [0.29, 0.717) is 6.42 Å². The minimum Gasteiger partial charge on any atom is -0.481 e. The summed E-state index contributed by atoms with van der Waals surface area (Å²) in [4.78, 5) is 24.9. The Hall–Kier alpha value is -2.24. The van der Waals surface area contributed by atoms with Crippen LogP contribution in [0.5, 0.6) is 0 Å². The molecule has 7 N–H and O–H groups in total. The Morgan fingerprint density at radius 3 is 2.17 bits per heavy atom. The maximum atomic E-state index is 12.9. The molecule has 2 aliphatic heterocycles. The minimum absolute atomic E-state index is 0.109. The number of carboxylic acid groups (broad SMARTS) is 1. The van der Waals surface area contributed by atoms with Gasteiger partial charge in [0, 0.05) is 0 Å². The zero-order chi connectivity index (χ0) is 30.7. The summed E-state index contributed by atoms with van der Waals surface area (Å²) in [5.41, 5.74) is 0.149. The van der Waals surface area contributed by atoms with E-state index in [1.807, 2.05) is 6.92 Å². The highest BCUT2D eigenvalue weighted by atomic mass is 16.7. The molecule has 236 valence electrons. The number of benzene rings is 1. The van der Waals surface area contributed by atoms with Gasteiger partial charge in [0.1, 0.15) is 36.6 Å². The Bertz CT molecular complexity index is 1040. The van der Waals surface area contributed by atoms with Crippen LogP contribution in [0.2, 0.25) is 0 Å². The first-order valence-electron chi connectivity index (χ1n) is 14.1. The summed E-state index contributed by atoms with van der Waals surface area (Å²) in [7, 11) is 0. The van der Waals surface area contributed by atoms with Gasteiger partial charge in [-0.25, -0.2) is 4.79 Å². The fourth-order valence-corrected chi connectivity index (χ4v) is 5.76. The van der Waals surface area contributed by atoms with Gasteiger partial charge in [-0.1, -0.05) is 31.5 Å². The number of rotatable bonds is 9. The number of aliphatic hydroxyl groups excluding tert-OH is 6. The average molecular weight is 601 g/mol. The van der Waals surface area contributed by atoms with E-state index in [0.717, 1.165) is 0 Å². The van der Waals surface area contributed by atoms with E-state index in [9.17, 15) is 45.3 Å². The zero-order valence-electron chi connectivity index (χ0n) is 23.3. The molecule has 42 heavy (non-hydrogen) atoms. The molecular weight excluding hydrogens is 560 g/mol. The lowest BCUT2D eigenvalue weighted by atomic mass is 9.76. The van der Waals surface area contributed by atoms with Crippen molar-refractivity contribution in [2.75, 3.05) is 6.61 Å². The quantitative estimate of drug-likeness (QED) is 0.165. The van der Waals surface area contributed by atoms with Crippen LogP contribution in [0.25, 0.3) is 0 Å². The molecule has 14 heteroatoms. The summed E-state index contributed by atoms with van der Waals surface area (Å²) >= 11 is 0. The molecule has 1 aromatic carbocycles. The largest absolute Gasteiger partial charge is 0.481 e. The van der Waals surface area contributed by atoms with Gasteiger partial charge in [-0.3, -0.25) is 4.79 Å². The fraction of sp³-hybridized carbons (Fsp3) is 0.714. The van der Waals surface area contributed by atoms with Crippen molar-refractivity contribution in [3.63, 3.8) is 0 Å². The molecule has 1 aliphatic carbocycles. The Balaban J connectivity index is 1.62. The topological polar surface area (TPSA) is 222 Å². The van der Waals surface area contributed by atoms with Crippen molar-refractivity contribution < 1.29 is 69.0 Å². The number of aliphatic carboxylic acids is 1. The molecule has 14 atom stereocenters. The number of esters is 1. The lowest BCUT2D eigenvalue weighted by molar-refractivity contribution is -0.346. The van der Waals surface area contributed by atoms with Crippen LogP contribution >= 0.6 is 0 Å². The molecule has 4 rings (SSSR count). The first kappa shape index (κ1) is 32.7. The van der Waals surface area contributed by atoms with Crippen LogP contribution in [0.3, 0.4) is 0 Å². The van der Waals surface area contributed by atoms with Gasteiger partial charge in [-0.2, -0.15) is 0 Å². The maximum absolute atomic E-state index is 12.9. The summed E-state index contributed by atoms with van der Waals surface area (Å²) in [6, 6.07) is 7.87. The van der Waals surface area contributed by atoms with E-state index in [-0.39, 0.29) is 18.4 Å². The van der Waals surface area contributed by atoms with Crippen LogP contribution in [0.4, 0.5) is 0 Å². The number of aliphatic hydroxyl groups is 6. The molecule has 3 aliphatic rings. The molecule has 0 amide bonds. The van der Waals surface area contributed by atoms with E-state index < -0.39 is 104 Å². The second-order valence-electron chi connectivity index (χ2n) is 11.1. The molecule has 0 radical (unpaired) electrons. The highest BCUT2D eigenvalue weighted by molar-refractivity contribution is 5.89. The summed E-state index contributed by atoms with van der Waals surface area (Å²) in [6.07, 6.45) is -16.2. The minimum atomic E-state index is -1.74. The molecule has 0 aromatic heterocycles. The van der Waals surface area contributed by atoms with Crippen LogP contribution in [-0.4, -0.2) is 128 Å². The molecule has 3 fully saturated rings. The third-order valence-electron chi connectivity index (χ3n) is 8.29. The lowest BCUT2D eigenvalue weighted by Gasteiger charge is -2.47. The number of hydrogen-bond acceptors (Lipinski definition) is 13. The lowest BCUT2D eigenvalue weighted by Crippen LogP contribution is -2.63. The van der Waals surface area contributed by atoms with Crippen LogP contribution in [-0.2, 0) is 28.5 Å². The second-order valence-corrected chi connectivity index (χ2v) is 11.1. The third kappa shape index (κ3) is 6.94. The highest BCUT2D eigenvalue weighted by Crippen LogP contribution is 2.39. The van der Waals surface area contributed by atoms with Crippen molar-refractivity contribution in [1.29, 1.82) is 0 Å². The van der Waals surface area contributed by atoms with Gasteiger partial charge in [-0.05, 0) is 37.8 Å². The monoisotopic (exact) mass is 600 g/mol. The van der Waals surface area contributed by atoms with Crippen molar-refractivity contribution in [2.24, 2.45) is 11.8 Å². The predicted octanol–water partition coefficient (Wildman–Crippen LogP) is -1.23. The van der Waals surface area contributed by atoms with Gasteiger partial charge in [0.05, 0.1) is 36.4 Å². The Morgan fingerprint density at radius 2 is 1.55 bits per heavy atom. The number of carbonyl (C=O) groups is 2. The van der Waals surface area contributed by atoms with E-state index in [1.54, 1.807) is 18.2 Å². The molecule has 0 bridgehead atoms. The predicted molar refractivity (Wildman–Crippen MR) is 140 cm³/mol. The SMILES string of the molecule is CCC1CC(C(=O)O)C[C@@H](O[C@@H]2OC(CO)[C@H](O)C(O)C2OC(=O)c2ccccc2)C1O[C@@H]1OC(C)[C@@H](O)C(O)C1O. The fourth-order valence-electron chi connectivity index (χ4n) is 5.76. The molecule has 1 aromatic rings. The van der Waals surface area contributed by atoms with Gasteiger partial charge in [-0.15, -0.1) is 0 Å². The number of hydrogen-bond donors (Lipinski definition) is 7. The van der Waals surface area contributed by atoms with E-state index in [4.69, 9.17) is 23.7 Å². The van der Waals surface area contributed by atoms with Crippen molar-refractivity contribution >= 4 is 11.9 Å². The molecule has 14 nitrogen and oxygen atoms in total. The summed E-state index contributed by atoms with van der Waals surface area (Å²) in [6.45, 7) is 2.59. The molecule has 2 saturated heterocycles. The number of carboxylic acids is 1. The molecular formula is C28H40O14. The van der Waals surface area contributed by atoms with Crippen LogP contribution in [0.15, 0.2) is 30.3 Å². The Kier molecular flexibility index (Phi) is 10.9. The molecule has 1 saturated carbocycles. The summed E-state index contributed by atoms with van der Waals surface area (Å²) < 4.78 is 29.2. The smallest absolute Gasteiger partial charge is 0.338 e. The summed E-state index contributed by atoms with van der Waals surface area (Å²) in [5.74, 6) is -3.25. The Labute approximate surface area is 242 Å². The summed E-state index contributed by atoms with van der Waals surface area (Å²) in [5, 5.41) is 72.0. The second kappa shape index (κ2) is 14.0. The number of carbonyl (C=O) groups excluding carboxylic acids is 1. The average Bonchev–Trinajstić information content (AvgIpc) is 2.99. The maximum Gasteiger partial charge on any atom is 0.338 e. The van der Waals surface area contributed by atoms with Crippen LogP contribution in [0, 0.1) is 11.8 Å². The van der Waals surface area contributed by atoms with E-state index in [2.05, 4.69) is 0 Å². The van der Waals surface area contributed by atoms with Gasteiger partial charge in [0.15, 0.2) is 18.7 Å². The van der Waals surface area contributed by atoms with Crippen LogP contribution < -0.4 is 0 Å². The molecule has 2 heterocycles. The van der Waals surface area contributed by atoms with Gasteiger partial charge < -0.3 is 59.4 Å². The molecule has 9 unspecified atom stereocenters. The highest BCUT2D eigenvalue weighted by Gasteiger charge is 2.52. The first-order valence-corrected chi connectivity index (χ1v) is 14.1. The molecule has 0 spiro atoms. The van der Waals surface area contributed by atoms with Gasteiger partial charge >= 0.3 is 11.9 Å². The standard InChI is InChI=1S/C28H40O14/c1-3-13-9-15(25(35)36)10-16(23(13)42-27-22(34)20(32)18(30)12(2)38-27)39-28-24(21(33)19(31)17(11-29)40-28)41-26(37)14-7-5-4-6-8-14/h4-8,12-13,15-24,27-34H,3,9-11H2,1-2H3,(H,35,36)/t12?,13?,15?,16-,17?,18-,19+,20?,21?,22?,23?,24?,27+,28-/m1/s1. The number of ether oxygens (including phenoxy) is 5. The van der Waals surface area contributed by atoms with Gasteiger partial charge in [0.25, 0.3) is 0 Å². The van der Waals surface area contributed by atoms with E-state index in [1.165, 1.54) is 19.1 Å². The third-order valence-corrected chi connectivity index (χ3v) is 8.29. The van der Waals surface area contributed by atoms with Gasteiger partial charge in [0.2, 0.25) is 0 Å². The van der Waals surface area contributed by atoms with E-state index >= 15 is 0 Å². The normalized spacial score (nSPS) is 42.6. The van der Waals surface area contributed by atoms with Crippen molar-refractivity contribution in [3.8, 4) is 0 Å². The Morgan fingerprint density at radius 1 is 0.857 bits per heavy atom. The van der Waals surface area contributed by atoms with Crippen molar-refractivity contribution in [3.05, 3.63) is 35.9 Å². The zero-order valence-corrected chi connectivity index (χ0v) is 23.3. The first-order chi connectivity index (χ1) is 20.0. The van der Waals surface area contributed by atoms with Crippen molar-refractivity contribution in [1.82, 2.24) is 0 Å².